The molecule has 1 fully saturated rings. The Morgan fingerprint density at radius 1 is 1.36 bits per heavy atom. The van der Waals surface area contributed by atoms with Crippen LogP contribution in [0.3, 0.4) is 0 Å². The number of carbonyl (C=O) groups is 1. The van der Waals surface area contributed by atoms with Gasteiger partial charge in [-0.25, -0.2) is 4.98 Å². The van der Waals surface area contributed by atoms with Crippen molar-refractivity contribution in [3.8, 4) is 5.75 Å². The number of aryl methyl sites for hydroxylation is 2. The SMILES string of the molecule is Cc1nn(C)c2nc(C3CC3)cc(C(=O)NCc3ccccc3OC(F)F)c12. The van der Waals surface area contributed by atoms with Crippen LogP contribution in [0.5, 0.6) is 5.75 Å². The summed E-state index contributed by atoms with van der Waals surface area (Å²) in [6.45, 7) is -1.01. The van der Waals surface area contributed by atoms with Crippen molar-refractivity contribution in [2.24, 2.45) is 7.05 Å². The zero-order valence-corrected chi connectivity index (χ0v) is 15.6. The summed E-state index contributed by atoms with van der Waals surface area (Å²) >= 11 is 0. The van der Waals surface area contributed by atoms with Gasteiger partial charge in [0.15, 0.2) is 5.65 Å². The number of nitrogens with one attached hydrogen (secondary N) is 1. The van der Waals surface area contributed by atoms with Gasteiger partial charge in [-0.1, -0.05) is 18.2 Å². The summed E-state index contributed by atoms with van der Waals surface area (Å²) in [4.78, 5) is 17.6. The molecule has 1 amide bonds. The monoisotopic (exact) mass is 386 g/mol. The lowest BCUT2D eigenvalue weighted by molar-refractivity contribution is -0.0504. The lowest BCUT2D eigenvalue weighted by atomic mass is 10.1. The summed E-state index contributed by atoms with van der Waals surface area (Å²) in [5.74, 6) is 0.137. The summed E-state index contributed by atoms with van der Waals surface area (Å²) in [6.07, 6.45) is 2.13. The van der Waals surface area contributed by atoms with Gasteiger partial charge >= 0.3 is 6.61 Å². The van der Waals surface area contributed by atoms with E-state index in [4.69, 9.17) is 0 Å². The number of ether oxygens (including phenoxy) is 1. The molecule has 0 saturated heterocycles. The van der Waals surface area contributed by atoms with Crippen molar-refractivity contribution in [3.05, 3.63) is 52.8 Å². The molecule has 0 unspecified atom stereocenters. The van der Waals surface area contributed by atoms with Gasteiger partial charge < -0.3 is 10.1 Å². The number of hydrogen-bond donors (Lipinski definition) is 1. The highest BCUT2D eigenvalue weighted by Crippen LogP contribution is 2.40. The lowest BCUT2D eigenvalue weighted by Crippen LogP contribution is -2.24. The van der Waals surface area contributed by atoms with Gasteiger partial charge in [-0.2, -0.15) is 13.9 Å². The van der Waals surface area contributed by atoms with Gasteiger partial charge in [0.2, 0.25) is 0 Å². The summed E-state index contributed by atoms with van der Waals surface area (Å²) in [7, 11) is 1.80. The average Bonchev–Trinajstić information content (AvgIpc) is 3.46. The van der Waals surface area contributed by atoms with E-state index in [0.29, 0.717) is 28.1 Å². The quantitative estimate of drug-likeness (QED) is 0.702. The Labute approximate surface area is 160 Å². The second kappa shape index (κ2) is 7.18. The molecule has 1 N–H and O–H groups in total. The van der Waals surface area contributed by atoms with Crippen LogP contribution in [0.2, 0.25) is 0 Å². The van der Waals surface area contributed by atoms with Gasteiger partial charge in [-0.05, 0) is 31.9 Å². The number of pyridine rings is 1. The van der Waals surface area contributed by atoms with Crippen molar-refractivity contribution in [3.63, 3.8) is 0 Å². The third-order valence-corrected chi connectivity index (χ3v) is 4.86. The zero-order chi connectivity index (χ0) is 19.8. The Morgan fingerprint density at radius 2 is 2.11 bits per heavy atom. The second-order valence-corrected chi connectivity index (χ2v) is 6.95. The molecule has 0 aliphatic heterocycles. The van der Waals surface area contributed by atoms with E-state index in [1.807, 2.05) is 13.0 Å². The van der Waals surface area contributed by atoms with Crippen molar-refractivity contribution in [2.45, 2.75) is 38.8 Å². The summed E-state index contributed by atoms with van der Waals surface area (Å²) < 4.78 is 31.4. The Bertz CT molecular complexity index is 1040. The van der Waals surface area contributed by atoms with E-state index in [-0.39, 0.29) is 18.2 Å². The number of fused-ring (bicyclic) bond motifs is 1. The van der Waals surface area contributed by atoms with Crippen LogP contribution in [0.25, 0.3) is 11.0 Å². The molecule has 0 spiro atoms. The van der Waals surface area contributed by atoms with Crippen molar-refractivity contribution >= 4 is 16.9 Å². The summed E-state index contributed by atoms with van der Waals surface area (Å²) in [6, 6.07) is 8.24. The molecule has 2 aromatic heterocycles. The summed E-state index contributed by atoms with van der Waals surface area (Å²) in [5, 5.41) is 7.92. The molecule has 3 aromatic rings. The van der Waals surface area contributed by atoms with Crippen LogP contribution in [0.4, 0.5) is 8.78 Å². The van der Waals surface area contributed by atoms with E-state index in [1.54, 1.807) is 29.9 Å². The number of benzene rings is 1. The third kappa shape index (κ3) is 3.54. The van der Waals surface area contributed by atoms with Crippen LogP contribution in [0, 0.1) is 6.92 Å². The number of hydrogen-bond acceptors (Lipinski definition) is 4. The number of aromatic nitrogens is 3. The molecular weight excluding hydrogens is 366 g/mol. The molecule has 1 aliphatic rings. The van der Waals surface area contributed by atoms with Crippen molar-refractivity contribution in [1.82, 2.24) is 20.1 Å². The first-order valence-electron chi connectivity index (χ1n) is 9.09. The minimum atomic E-state index is -2.92. The molecule has 0 bridgehead atoms. The number of nitrogens with zero attached hydrogens (tertiary/aromatic N) is 3. The number of rotatable bonds is 6. The number of amides is 1. The number of alkyl halides is 2. The molecular formula is C20H20F2N4O2. The topological polar surface area (TPSA) is 69.0 Å². The van der Waals surface area contributed by atoms with Gasteiger partial charge in [0, 0.05) is 30.8 Å². The van der Waals surface area contributed by atoms with Crippen LogP contribution in [0.15, 0.2) is 30.3 Å². The maximum atomic E-state index is 13.0. The smallest absolute Gasteiger partial charge is 0.387 e. The molecule has 4 rings (SSSR count). The molecule has 8 heteroatoms. The Hall–Kier alpha value is -3.03. The molecule has 6 nitrogen and oxygen atoms in total. The summed E-state index contributed by atoms with van der Waals surface area (Å²) in [5.41, 5.74) is 3.27. The highest BCUT2D eigenvalue weighted by atomic mass is 19.3. The average molecular weight is 386 g/mol. The first kappa shape index (κ1) is 18.3. The van der Waals surface area contributed by atoms with Crippen molar-refractivity contribution in [2.75, 3.05) is 0 Å². The minimum Gasteiger partial charge on any atom is -0.434 e. The molecule has 1 aromatic carbocycles. The Kier molecular flexibility index (Phi) is 4.70. The maximum absolute atomic E-state index is 13.0. The van der Waals surface area contributed by atoms with Crippen LogP contribution < -0.4 is 10.1 Å². The zero-order valence-electron chi connectivity index (χ0n) is 15.6. The molecule has 1 saturated carbocycles. The van der Waals surface area contributed by atoms with Crippen LogP contribution in [-0.4, -0.2) is 27.3 Å². The van der Waals surface area contributed by atoms with E-state index >= 15 is 0 Å². The fourth-order valence-corrected chi connectivity index (χ4v) is 3.36. The minimum absolute atomic E-state index is 0.0499. The van der Waals surface area contributed by atoms with Crippen LogP contribution in [-0.2, 0) is 13.6 Å². The van der Waals surface area contributed by atoms with E-state index < -0.39 is 6.61 Å². The molecule has 0 radical (unpaired) electrons. The van der Waals surface area contributed by atoms with E-state index in [9.17, 15) is 13.6 Å². The van der Waals surface area contributed by atoms with Crippen LogP contribution in [0.1, 0.15) is 46.1 Å². The number of para-hydroxylation sites is 1. The largest absolute Gasteiger partial charge is 0.434 e. The highest BCUT2D eigenvalue weighted by Gasteiger charge is 2.28. The van der Waals surface area contributed by atoms with Gasteiger partial charge in [-0.3, -0.25) is 9.48 Å². The highest BCUT2D eigenvalue weighted by molar-refractivity contribution is 6.06. The molecule has 28 heavy (non-hydrogen) atoms. The maximum Gasteiger partial charge on any atom is 0.387 e. The number of halogens is 2. The van der Waals surface area contributed by atoms with E-state index in [0.717, 1.165) is 24.2 Å². The fourth-order valence-electron chi connectivity index (χ4n) is 3.36. The first-order valence-corrected chi connectivity index (χ1v) is 9.09. The van der Waals surface area contributed by atoms with Gasteiger partial charge in [0.25, 0.3) is 5.91 Å². The Morgan fingerprint density at radius 3 is 2.82 bits per heavy atom. The lowest BCUT2D eigenvalue weighted by Gasteiger charge is -2.12. The van der Waals surface area contributed by atoms with Gasteiger partial charge in [0.1, 0.15) is 5.75 Å². The number of carbonyl (C=O) groups excluding carboxylic acids is 1. The van der Waals surface area contributed by atoms with Gasteiger partial charge in [-0.15, -0.1) is 0 Å². The Balaban J connectivity index is 1.63. The van der Waals surface area contributed by atoms with Crippen molar-refractivity contribution in [1.29, 1.82) is 0 Å². The second-order valence-electron chi connectivity index (χ2n) is 6.95. The predicted octanol–water partition coefficient (Wildman–Crippen LogP) is 3.69. The molecule has 0 atom stereocenters. The molecule has 1 aliphatic carbocycles. The fraction of sp³-hybridized carbons (Fsp3) is 0.350. The predicted molar refractivity (Wildman–Crippen MR) is 99.5 cm³/mol. The molecule has 2 heterocycles. The normalized spacial score (nSPS) is 13.9. The van der Waals surface area contributed by atoms with E-state index in [1.165, 1.54) is 6.07 Å². The van der Waals surface area contributed by atoms with Crippen LogP contribution >= 0.6 is 0 Å². The molecule has 146 valence electrons. The standard InChI is InChI=1S/C20H20F2N4O2/c1-11-17-14(9-15(12-7-8-12)24-18(17)26(2)25-11)19(27)23-10-13-5-3-4-6-16(13)28-20(21)22/h3-6,9,12,20H,7-8,10H2,1-2H3,(H,23,27). The van der Waals surface area contributed by atoms with E-state index in [2.05, 4.69) is 20.1 Å². The van der Waals surface area contributed by atoms with Crippen molar-refractivity contribution < 1.29 is 18.3 Å². The van der Waals surface area contributed by atoms with Gasteiger partial charge in [0.05, 0.1) is 16.6 Å². The third-order valence-electron chi connectivity index (χ3n) is 4.86. The first-order chi connectivity index (χ1) is 13.4.